The van der Waals surface area contributed by atoms with Crippen molar-refractivity contribution >= 4 is 11.6 Å². The Morgan fingerprint density at radius 2 is 1.55 bits per heavy atom. The number of amides is 1. The van der Waals surface area contributed by atoms with Gasteiger partial charge in [0, 0.05) is 12.3 Å². The van der Waals surface area contributed by atoms with Crippen molar-refractivity contribution in [3.05, 3.63) is 90.0 Å². The molecule has 0 aliphatic rings. The first-order valence-corrected chi connectivity index (χ1v) is 10.6. The van der Waals surface area contributed by atoms with Gasteiger partial charge in [0.1, 0.15) is 18.1 Å². The van der Waals surface area contributed by atoms with Gasteiger partial charge in [-0.15, -0.1) is 0 Å². The lowest BCUT2D eigenvalue weighted by Gasteiger charge is -2.12. The highest BCUT2D eigenvalue weighted by atomic mass is 16.5. The number of aryl methyl sites for hydroxylation is 1. The molecule has 0 heterocycles. The van der Waals surface area contributed by atoms with Gasteiger partial charge >= 0.3 is 0 Å². The Hall–Kier alpha value is -3.31. The minimum Gasteiger partial charge on any atom is -0.494 e. The molecule has 1 N–H and O–H groups in total. The van der Waals surface area contributed by atoms with Gasteiger partial charge in [-0.2, -0.15) is 0 Å². The van der Waals surface area contributed by atoms with E-state index in [-0.39, 0.29) is 5.91 Å². The molecule has 3 rings (SSSR count). The molecule has 0 aliphatic heterocycles. The number of anilines is 1. The Kier molecular flexibility index (Phi) is 8.95. The monoisotopic (exact) mass is 419 g/mol. The Balaban J connectivity index is 1.47. The second-order valence-electron chi connectivity index (χ2n) is 6.96. The van der Waals surface area contributed by atoms with E-state index in [1.807, 2.05) is 49.4 Å². The average molecular weight is 420 g/mol. The third-order valence-electron chi connectivity index (χ3n) is 4.65. The molecule has 0 aliphatic carbocycles. The highest BCUT2D eigenvalue weighted by molar-refractivity contribution is 6.06. The van der Waals surface area contributed by atoms with Gasteiger partial charge in [-0.1, -0.05) is 42.5 Å². The molecule has 0 radical (unpaired) electrons. The van der Waals surface area contributed by atoms with Crippen LogP contribution < -0.4 is 14.8 Å². The molecule has 31 heavy (non-hydrogen) atoms. The van der Waals surface area contributed by atoms with E-state index >= 15 is 0 Å². The SMILES string of the molecule is CCOCCOc1ccccc1C(=O)Nc1ccc(OCCCc2ccccc2)cc1. The maximum absolute atomic E-state index is 12.7. The fraction of sp³-hybridized carbons (Fsp3) is 0.269. The van der Waals surface area contributed by atoms with Gasteiger partial charge in [-0.05, 0) is 61.7 Å². The summed E-state index contributed by atoms with van der Waals surface area (Å²) >= 11 is 0. The van der Waals surface area contributed by atoms with Gasteiger partial charge in [-0.3, -0.25) is 4.79 Å². The molecule has 0 saturated heterocycles. The Labute approximate surface area is 184 Å². The summed E-state index contributed by atoms with van der Waals surface area (Å²) in [4.78, 5) is 12.7. The molecule has 0 atom stereocenters. The van der Waals surface area contributed by atoms with Gasteiger partial charge in [0.15, 0.2) is 0 Å². The van der Waals surface area contributed by atoms with Gasteiger partial charge < -0.3 is 19.5 Å². The van der Waals surface area contributed by atoms with Gasteiger partial charge in [0.25, 0.3) is 5.91 Å². The summed E-state index contributed by atoms with van der Waals surface area (Å²) in [6, 6.07) is 25.0. The van der Waals surface area contributed by atoms with E-state index in [1.54, 1.807) is 12.1 Å². The molecule has 0 bridgehead atoms. The van der Waals surface area contributed by atoms with Crippen molar-refractivity contribution in [1.82, 2.24) is 0 Å². The van der Waals surface area contributed by atoms with Crippen LogP contribution in [0.15, 0.2) is 78.9 Å². The van der Waals surface area contributed by atoms with Crippen LogP contribution in [0.25, 0.3) is 0 Å². The summed E-state index contributed by atoms with van der Waals surface area (Å²) in [5, 5.41) is 2.91. The number of ether oxygens (including phenoxy) is 3. The molecule has 0 unspecified atom stereocenters. The largest absolute Gasteiger partial charge is 0.494 e. The molecular weight excluding hydrogens is 390 g/mol. The molecule has 5 nitrogen and oxygen atoms in total. The van der Waals surface area contributed by atoms with Crippen LogP contribution in [0.1, 0.15) is 29.3 Å². The third kappa shape index (κ3) is 7.46. The zero-order chi connectivity index (χ0) is 21.7. The van der Waals surface area contributed by atoms with E-state index in [0.717, 1.165) is 18.6 Å². The van der Waals surface area contributed by atoms with Gasteiger partial charge in [0.2, 0.25) is 0 Å². The van der Waals surface area contributed by atoms with Crippen molar-refractivity contribution in [2.45, 2.75) is 19.8 Å². The summed E-state index contributed by atoms with van der Waals surface area (Å²) in [5.74, 6) is 1.10. The number of carbonyl (C=O) groups is 1. The van der Waals surface area contributed by atoms with E-state index in [1.165, 1.54) is 5.56 Å². The number of rotatable bonds is 12. The van der Waals surface area contributed by atoms with E-state index in [0.29, 0.717) is 43.4 Å². The quantitative estimate of drug-likeness (QED) is 0.401. The van der Waals surface area contributed by atoms with Crippen molar-refractivity contribution in [1.29, 1.82) is 0 Å². The normalized spacial score (nSPS) is 10.5. The smallest absolute Gasteiger partial charge is 0.259 e. The number of hydrogen-bond donors (Lipinski definition) is 1. The second kappa shape index (κ2) is 12.4. The zero-order valence-corrected chi connectivity index (χ0v) is 17.9. The van der Waals surface area contributed by atoms with E-state index in [9.17, 15) is 4.79 Å². The number of hydrogen-bond acceptors (Lipinski definition) is 4. The molecule has 0 saturated carbocycles. The van der Waals surface area contributed by atoms with Crippen molar-refractivity contribution in [2.75, 3.05) is 31.7 Å². The van der Waals surface area contributed by atoms with E-state index in [2.05, 4.69) is 29.6 Å². The number of carbonyl (C=O) groups excluding carboxylic acids is 1. The molecule has 1 amide bonds. The van der Waals surface area contributed by atoms with Gasteiger partial charge in [0.05, 0.1) is 18.8 Å². The molecule has 162 valence electrons. The van der Waals surface area contributed by atoms with Crippen molar-refractivity contribution in [3.8, 4) is 11.5 Å². The number of para-hydroxylation sites is 1. The molecule has 0 spiro atoms. The molecule has 5 heteroatoms. The molecule has 0 aromatic heterocycles. The molecular formula is C26H29NO4. The van der Waals surface area contributed by atoms with E-state index in [4.69, 9.17) is 14.2 Å². The first-order chi connectivity index (χ1) is 15.3. The minimum atomic E-state index is -0.219. The predicted octanol–water partition coefficient (Wildman–Crippen LogP) is 5.37. The third-order valence-corrected chi connectivity index (χ3v) is 4.65. The Morgan fingerprint density at radius 3 is 2.32 bits per heavy atom. The summed E-state index contributed by atoms with van der Waals surface area (Å²) in [6.07, 6.45) is 1.93. The van der Waals surface area contributed by atoms with E-state index < -0.39 is 0 Å². The van der Waals surface area contributed by atoms with Crippen LogP contribution in [0.5, 0.6) is 11.5 Å². The number of nitrogens with one attached hydrogen (secondary N) is 1. The first-order valence-electron chi connectivity index (χ1n) is 10.6. The highest BCUT2D eigenvalue weighted by Gasteiger charge is 2.12. The lowest BCUT2D eigenvalue weighted by molar-refractivity contribution is 0.0998. The first kappa shape index (κ1) is 22.4. The van der Waals surface area contributed by atoms with Crippen LogP contribution in [-0.2, 0) is 11.2 Å². The maximum Gasteiger partial charge on any atom is 0.259 e. The van der Waals surface area contributed by atoms with Crippen molar-refractivity contribution < 1.29 is 19.0 Å². The van der Waals surface area contributed by atoms with Crippen molar-refractivity contribution in [3.63, 3.8) is 0 Å². The lowest BCUT2D eigenvalue weighted by atomic mass is 10.1. The maximum atomic E-state index is 12.7. The molecule has 3 aromatic rings. The van der Waals surface area contributed by atoms with Crippen LogP contribution in [0.4, 0.5) is 5.69 Å². The zero-order valence-electron chi connectivity index (χ0n) is 17.9. The average Bonchev–Trinajstić information content (AvgIpc) is 2.81. The Bertz CT molecular complexity index is 926. The van der Waals surface area contributed by atoms with Crippen LogP contribution in [0, 0.1) is 0 Å². The topological polar surface area (TPSA) is 56.8 Å². The van der Waals surface area contributed by atoms with Crippen LogP contribution >= 0.6 is 0 Å². The Morgan fingerprint density at radius 1 is 0.806 bits per heavy atom. The lowest BCUT2D eigenvalue weighted by Crippen LogP contribution is -2.15. The van der Waals surface area contributed by atoms with Crippen LogP contribution in [0.3, 0.4) is 0 Å². The predicted molar refractivity (Wildman–Crippen MR) is 123 cm³/mol. The molecule has 3 aromatic carbocycles. The van der Waals surface area contributed by atoms with Crippen LogP contribution in [0.2, 0.25) is 0 Å². The summed E-state index contributed by atoms with van der Waals surface area (Å²) in [5.41, 5.74) is 2.50. The van der Waals surface area contributed by atoms with Crippen LogP contribution in [-0.4, -0.2) is 32.3 Å². The van der Waals surface area contributed by atoms with Gasteiger partial charge in [-0.25, -0.2) is 0 Å². The summed E-state index contributed by atoms with van der Waals surface area (Å²) in [7, 11) is 0. The second-order valence-corrected chi connectivity index (χ2v) is 6.96. The minimum absolute atomic E-state index is 0.219. The number of benzene rings is 3. The summed E-state index contributed by atoms with van der Waals surface area (Å²) < 4.78 is 16.8. The fourth-order valence-electron chi connectivity index (χ4n) is 3.08. The highest BCUT2D eigenvalue weighted by Crippen LogP contribution is 2.21. The van der Waals surface area contributed by atoms with Crippen molar-refractivity contribution in [2.24, 2.45) is 0 Å². The fourth-order valence-corrected chi connectivity index (χ4v) is 3.08. The summed E-state index contributed by atoms with van der Waals surface area (Å²) in [6.45, 7) is 4.10. The molecule has 0 fully saturated rings. The standard InChI is InChI=1S/C26H29NO4/c1-2-29-19-20-31-25-13-7-6-12-24(25)26(28)27-22-14-16-23(17-15-22)30-18-8-11-21-9-4-3-5-10-21/h3-7,9-10,12-17H,2,8,11,18-20H2,1H3,(H,27,28).